The van der Waals surface area contributed by atoms with Crippen LogP contribution in [-0.2, 0) is 0 Å². The summed E-state index contributed by atoms with van der Waals surface area (Å²) in [6.07, 6.45) is 12.0. The van der Waals surface area contributed by atoms with E-state index in [9.17, 15) is 5.11 Å². The first-order chi connectivity index (χ1) is 7.71. The molecule has 2 rings (SSSR count). The fourth-order valence-electron chi connectivity index (χ4n) is 3.12. The first kappa shape index (κ1) is 12.1. The van der Waals surface area contributed by atoms with Gasteiger partial charge in [-0.2, -0.15) is 0 Å². The summed E-state index contributed by atoms with van der Waals surface area (Å²) in [5.41, 5.74) is 0.823. The van der Waals surface area contributed by atoms with E-state index in [0.717, 1.165) is 32.4 Å². The lowest BCUT2D eigenvalue weighted by Crippen LogP contribution is -2.47. The molecule has 92 valence electrons. The zero-order chi connectivity index (χ0) is 11.4. The van der Waals surface area contributed by atoms with Crippen molar-refractivity contribution in [2.75, 3.05) is 20.1 Å². The molecule has 1 N–H and O–H groups in total. The molecule has 2 nitrogen and oxygen atoms in total. The Kier molecular flexibility index (Phi) is 4.04. The minimum atomic E-state index is -0.510. The number of likely N-dealkylation sites (tertiary alicyclic amines) is 1. The van der Waals surface area contributed by atoms with Gasteiger partial charge in [0.1, 0.15) is 0 Å². The summed E-state index contributed by atoms with van der Waals surface area (Å²) in [6.45, 7) is 1.97. The Labute approximate surface area is 99.3 Å². The average Bonchev–Trinajstić information content (AvgIpc) is 2.15. The highest BCUT2D eigenvalue weighted by Crippen LogP contribution is 2.32. The maximum atomic E-state index is 10.8. The number of aliphatic hydroxyl groups is 1. The smallest absolute Gasteiger partial charge is 0.0983 e. The van der Waals surface area contributed by atoms with E-state index in [-0.39, 0.29) is 0 Å². The van der Waals surface area contributed by atoms with Gasteiger partial charge < -0.3 is 10.0 Å². The number of rotatable bonds is 1. The lowest BCUT2D eigenvalue weighted by molar-refractivity contribution is 0.00483. The summed E-state index contributed by atoms with van der Waals surface area (Å²) < 4.78 is 0. The summed E-state index contributed by atoms with van der Waals surface area (Å²) in [5.74, 6) is 0. The molecule has 16 heavy (non-hydrogen) atoms. The van der Waals surface area contributed by atoms with Gasteiger partial charge in [0.25, 0.3) is 0 Å². The topological polar surface area (TPSA) is 23.5 Å². The van der Waals surface area contributed by atoms with Gasteiger partial charge in [-0.1, -0.05) is 18.9 Å². The van der Waals surface area contributed by atoms with Crippen molar-refractivity contribution in [1.29, 1.82) is 0 Å². The number of hydrogen-bond donors (Lipinski definition) is 1. The molecule has 1 aliphatic carbocycles. The van der Waals surface area contributed by atoms with Gasteiger partial charge in [0.2, 0.25) is 0 Å². The van der Waals surface area contributed by atoms with Gasteiger partial charge in [-0.05, 0) is 57.7 Å². The van der Waals surface area contributed by atoms with Crippen LogP contribution in [0.1, 0.15) is 51.4 Å². The van der Waals surface area contributed by atoms with Crippen molar-refractivity contribution in [2.45, 2.75) is 57.0 Å². The molecule has 1 fully saturated rings. The Hall–Kier alpha value is -0.340. The van der Waals surface area contributed by atoms with Crippen molar-refractivity contribution in [3.63, 3.8) is 0 Å². The van der Waals surface area contributed by atoms with Crippen molar-refractivity contribution in [2.24, 2.45) is 0 Å². The maximum Gasteiger partial charge on any atom is 0.0983 e. The van der Waals surface area contributed by atoms with E-state index < -0.39 is 5.60 Å². The molecular weight excluding hydrogens is 198 g/mol. The molecule has 0 bridgehead atoms. The fourth-order valence-corrected chi connectivity index (χ4v) is 3.12. The molecule has 2 heteroatoms. The SMILES string of the molecule is CN1CCCC(O)(C2=CCCCCCC2)C1. The Balaban J connectivity index is 2.07. The fraction of sp³-hybridized carbons (Fsp3) is 0.857. The van der Waals surface area contributed by atoms with Crippen LogP contribution in [0.3, 0.4) is 0 Å². The standard InChI is InChI=1S/C14H25NO/c1-15-11-7-10-14(16,12-15)13-8-5-3-2-4-6-9-13/h8,16H,2-7,9-12H2,1H3. The molecule has 1 saturated heterocycles. The average molecular weight is 223 g/mol. The van der Waals surface area contributed by atoms with Crippen LogP contribution < -0.4 is 0 Å². The lowest BCUT2D eigenvalue weighted by Gasteiger charge is -2.39. The van der Waals surface area contributed by atoms with Gasteiger partial charge >= 0.3 is 0 Å². The summed E-state index contributed by atoms with van der Waals surface area (Å²) in [7, 11) is 2.12. The zero-order valence-corrected chi connectivity index (χ0v) is 10.5. The molecule has 1 aliphatic heterocycles. The number of piperidine rings is 1. The van der Waals surface area contributed by atoms with Crippen molar-refractivity contribution in [3.8, 4) is 0 Å². The van der Waals surface area contributed by atoms with Crippen LogP contribution in [0.15, 0.2) is 11.6 Å². The molecule has 1 unspecified atom stereocenters. The Morgan fingerprint density at radius 3 is 2.81 bits per heavy atom. The van der Waals surface area contributed by atoms with Crippen LogP contribution in [0.4, 0.5) is 0 Å². The Bertz CT molecular complexity index is 261. The first-order valence-corrected chi connectivity index (χ1v) is 6.81. The highest BCUT2D eigenvalue weighted by molar-refractivity contribution is 5.19. The molecule has 0 radical (unpaired) electrons. The molecule has 2 aliphatic rings. The Morgan fingerprint density at radius 1 is 1.19 bits per heavy atom. The third-order valence-corrected chi connectivity index (χ3v) is 4.05. The van der Waals surface area contributed by atoms with Gasteiger partial charge in [0, 0.05) is 6.54 Å². The van der Waals surface area contributed by atoms with E-state index in [2.05, 4.69) is 18.0 Å². The molecule has 1 atom stereocenters. The molecule has 0 spiro atoms. The predicted molar refractivity (Wildman–Crippen MR) is 67.5 cm³/mol. The highest BCUT2D eigenvalue weighted by Gasteiger charge is 2.34. The van der Waals surface area contributed by atoms with E-state index in [4.69, 9.17) is 0 Å². The molecular formula is C14H25NO. The molecule has 0 aromatic carbocycles. The monoisotopic (exact) mass is 223 g/mol. The number of β-amino-alcohol motifs (C(OH)–C–C–N with tert-alkyl or cyclic N) is 1. The van der Waals surface area contributed by atoms with E-state index >= 15 is 0 Å². The second-order valence-electron chi connectivity index (χ2n) is 5.56. The summed E-state index contributed by atoms with van der Waals surface area (Å²) in [5, 5.41) is 10.8. The van der Waals surface area contributed by atoms with Crippen LogP contribution in [0.5, 0.6) is 0 Å². The molecule has 0 aromatic rings. The zero-order valence-electron chi connectivity index (χ0n) is 10.5. The largest absolute Gasteiger partial charge is 0.384 e. The van der Waals surface area contributed by atoms with Gasteiger partial charge in [-0.15, -0.1) is 0 Å². The number of allylic oxidation sites excluding steroid dienone is 1. The number of hydrogen-bond acceptors (Lipinski definition) is 2. The number of likely N-dealkylation sites (N-methyl/N-ethyl adjacent to an activating group) is 1. The number of nitrogens with zero attached hydrogens (tertiary/aromatic N) is 1. The van der Waals surface area contributed by atoms with E-state index in [1.54, 1.807) is 0 Å². The lowest BCUT2D eigenvalue weighted by atomic mass is 9.81. The van der Waals surface area contributed by atoms with Crippen LogP contribution >= 0.6 is 0 Å². The van der Waals surface area contributed by atoms with Gasteiger partial charge in [0.05, 0.1) is 5.60 Å². The molecule has 0 saturated carbocycles. The quantitative estimate of drug-likeness (QED) is 0.691. The van der Waals surface area contributed by atoms with Crippen LogP contribution in [0.25, 0.3) is 0 Å². The second kappa shape index (κ2) is 5.33. The predicted octanol–water partition coefficient (Wildman–Crippen LogP) is 2.72. The van der Waals surface area contributed by atoms with Crippen molar-refractivity contribution < 1.29 is 5.11 Å². The molecule has 1 heterocycles. The molecule has 0 aromatic heterocycles. The second-order valence-corrected chi connectivity index (χ2v) is 5.56. The van der Waals surface area contributed by atoms with Gasteiger partial charge in [-0.3, -0.25) is 0 Å². The van der Waals surface area contributed by atoms with E-state index in [1.807, 2.05) is 0 Å². The third-order valence-electron chi connectivity index (χ3n) is 4.05. The van der Waals surface area contributed by atoms with Crippen LogP contribution in [0, 0.1) is 0 Å². The maximum absolute atomic E-state index is 10.8. The van der Waals surface area contributed by atoms with Crippen molar-refractivity contribution >= 4 is 0 Å². The highest BCUT2D eigenvalue weighted by atomic mass is 16.3. The summed E-state index contributed by atoms with van der Waals surface area (Å²) in [4.78, 5) is 2.27. The van der Waals surface area contributed by atoms with Crippen molar-refractivity contribution in [3.05, 3.63) is 11.6 Å². The van der Waals surface area contributed by atoms with Gasteiger partial charge in [0.15, 0.2) is 0 Å². The van der Waals surface area contributed by atoms with E-state index in [0.29, 0.717) is 0 Å². The minimum absolute atomic E-state index is 0.510. The Morgan fingerprint density at radius 2 is 2.00 bits per heavy atom. The molecule has 0 amide bonds. The van der Waals surface area contributed by atoms with Crippen LogP contribution in [-0.4, -0.2) is 35.7 Å². The normalized spacial score (nSPS) is 34.0. The first-order valence-electron chi connectivity index (χ1n) is 6.81. The third kappa shape index (κ3) is 2.86. The summed E-state index contributed by atoms with van der Waals surface area (Å²) in [6, 6.07) is 0. The van der Waals surface area contributed by atoms with Gasteiger partial charge in [-0.25, -0.2) is 0 Å². The van der Waals surface area contributed by atoms with E-state index in [1.165, 1.54) is 37.7 Å². The minimum Gasteiger partial charge on any atom is -0.384 e. The van der Waals surface area contributed by atoms with Crippen molar-refractivity contribution in [1.82, 2.24) is 4.90 Å². The van der Waals surface area contributed by atoms with Crippen LogP contribution in [0.2, 0.25) is 0 Å². The summed E-state index contributed by atoms with van der Waals surface area (Å²) >= 11 is 0.